The molecule has 13 heteroatoms. The summed E-state index contributed by atoms with van der Waals surface area (Å²) in [6.07, 6.45) is 0. The molecule has 45 heavy (non-hydrogen) atoms. The Hall–Kier alpha value is -6.76. The molecule has 0 saturated carbocycles. The fourth-order valence-corrected chi connectivity index (χ4v) is 2.90. The van der Waals surface area contributed by atoms with Gasteiger partial charge in [-0.15, -0.1) is 0 Å². The summed E-state index contributed by atoms with van der Waals surface area (Å²) in [5, 5.41) is 16.9. The van der Waals surface area contributed by atoms with Gasteiger partial charge in [-0.3, -0.25) is 0 Å². The number of para-hydroxylation sites is 2. The van der Waals surface area contributed by atoms with Gasteiger partial charge in [-0.25, -0.2) is 9.59 Å². The summed E-state index contributed by atoms with van der Waals surface area (Å²) >= 11 is 0. The molecule has 0 aromatic heterocycles. The highest BCUT2D eigenvalue weighted by atomic mass is 16.4. The van der Waals surface area contributed by atoms with Crippen molar-refractivity contribution in [1.82, 2.24) is 0 Å². The van der Waals surface area contributed by atoms with Crippen LogP contribution in [0.15, 0.2) is 115 Å². The third kappa shape index (κ3) is 15.2. The first-order chi connectivity index (χ1) is 21.2. The van der Waals surface area contributed by atoms with Crippen LogP contribution in [0.2, 0.25) is 0 Å². The third-order valence-corrected chi connectivity index (χ3v) is 5.33. The van der Waals surface area contributed by atoms with Crippen molar-refractivity contribution in [1.29, 1.82) is 0 Å². The highest BCUT2D eigenvalue weighted by molar-refractivity contribution is 5.90. The minimum absolute atomic E-state index is 0.150. The monoisotopic (exact) mass is 613 g/mol. The SMILES string of the molecule is Nc1ccc(C(=O)O)cc1.Nc1ccc(C(=O)O)cc1N.Nc1ccc(N)cc1.Nc1cccc(N)c1.Nc1ccccc1N. The molecule has 0 atom stereocenters. The first-order valence-corrected chi connectivity index (χ1v) is 13.0. The van der Waals surface area contributed by atoms with Gasteiger partial charge in [-0.1, -0.05) is 18.2 Å². The van der Waals surface area contributed by atoms with Gasteiger partial charge in [0.15, 0.2) is 0 Å². The molecule has 0 heterocycles. The Morgan fingerprint density at radius 3 is 1.02 bits per heavy atom. The molecule has 0 radical (unpaired) electrons. The summed E-state index contributed by atoms with van der Waals surface area (Å²) in [5.74, 6) is -1.93. The maximum absolute atomic E-state index is 10.4. The predicted molar refractivity (Wildman–Crippen MR) is 186 cm³/mol. The van der Waals surface area contributed by atoms with E-state index >= 15 is 0 Å². The number of hydrogen-bond acceptors (Lipinski definition) is 11. The molecule has 236 valence electrons. The van der Waals surface area contributed by atoms with E-state index in [0.29, 0.717) is 39.8 Å². The van der Waals surface area contributed by atoms with Gasteiger partial charge in [0.05, 0.1) is 33.9 Å². The Bertz CT molecular complexity index is 1590. The average molecular weight is 614 g/mol. The Morgan fingerprint density at radius 1 is 0.356 bits per heavy atom. The summed E-state index contributed by atoms with van der Waals surface area (Å²) in [7, 11) is 0. The van der Waals surface area contributed by atoms with Gasteiger partial charge in [0.1, 0.15) is 0 Å². The van der Waals surface area contributed by atoms with Crippen molar-refractivity contribution >= 4 is 63.1 Å². The number of aromatic carboxylic acids is 2. The molecule has 0 aliphatic rings. The van der Waals surface area contributed by atoms with Crippen LogP contribution in [0, 0.1) is 0 Å². The molecule has 5 rings (SSSR count). The number of anilines is 9. The summed E-state index contributed by atoms with van der Waals surface area (Å²) in [6.45, 7) is 0. The molecular formula is C32H39N9O4. The van der Waals surface area contributed by atoms with Crippen LogP contribution in [0.5, 0.6) is 0 Å². The largest absolute Gasteiger partial charge is 0.478 e. The lowest BCUT2D eigenvalue weighted by Crippen LogP contribution is -2.00. The van der Waals surface area contributed by atoms with Crippen LogP contribution in [0.25, 0.3) is 0 Å². The van der Waals surface area contributed by atoms with E-state index in [1.165, 1.54) is 30.3 Å². The molecule has 0 aliphatic carbocycles. The molecule has 0 fully saturated rings. The molecule has 5 aromatic carbocycles. The second-order valence-electron chi connectivity index (χ2n) is 9.04. The highest BCUT2D eigenvalue weighted by Crippen LogP contribution is 2.15. The molecule has 0 amide bonds. The van der Waals surface area contributed by atoms with Crippen LogP contribution < -0.4 is 51.6 Å². The summed E-state index contributed by atoms with van der Waals surface area (Å²) in [5.41, 5.74) is 54.3. The molecular weight excluding hydrogens is 574 g/mol. The van der Waals surface area contributed by atoms with E-state index in [0.717, 1.165) is 11.4 Å². The Morgan fingerprint density at radius 2 is 0.711 bits per heavy atom. The van der Waals surface area contributed by atoms with Crippen LogP contribution in [-0.4, -0.2) is 22.2 Å². The minimum atomic E-state index is -1.00. The third-order valence-electron chi connectivity index (χ3n) is 5.33. The van der Waals surface area contributed by atoms with Crippen molar-refractivity contribution in [2.75, 3.05) is 51.6 Å². The number of benzene rings is 5. The molecule has 5 aromatic rings. The maximum atomic E-state index is 10.4. The van der Waals surface area contributed by atoms with Crippen LogP contribution in [0.1, 0.15) is 20.7 Å². The Kier molecular flexibility index (Phi) is 15.0. The molecule has 0 saturated heterocycles. The van der Waals surface area contributed by atoms with E-state index in [4.69, 9.17) is 61.8 Å². The number of carbonyl (C=O) groups is 2. The van der Waals surface area contributed by atoms with Gasteiger partial charge >= 0.3 is 11.9 Å². The zero-order valence-electron chi connectivity index (χ0n) is 24.4. The second-order valence-corrected chi connectivity index (χ2v) is 9.04. The second kappa shape index (κ2) is 18.6. The lowest BCUT2D eigenvalue weighted by molar-refractivity contribution is 0.0686. The van der Waals surface area contributed by atoms with Crippen LogP contribution in [0.4, 0.5) is 51.2 Å². The lowest BCUT2D eigenvalue weighted by atomic mass is 10.2. The zero-order chi connectivity index (χ0) is 33.9. The maximum Gasteiger partial charge on any atom is 0.335 e. The first-order valence-electron chi connectivity index (χ1n) is 13.0. The number of hydrogen-bond donors (Lipinski definition) is 11. The van der Waals surface area contributed by atoms with E-state index in [9.17, 15) is 9.59 Å². The summed E-state index contributed by atoms with van der Waals surface area (Å²) in [6, 6.07) is 31.8. The lowest BCUT2D eigenvalue weighted by Gasteiger charge is -1.99. The van der Waals surface area contributed by atoms with Crippen molar-refractivity contribution in [2.24, 2.45) is 0 Å². The van der Waals surface area contributed by atoms with Crippen LogP contribution in [0.3, 0.4) is 0 Å². The number of carboxylic acid groups (broad SMARTS) is 2. The van der Waals surface area contributed by atoms with Gasteiger partial charge in [0.25, 0.3) is 0 Å². The van der Waals surface area contributed by atoms with Crippen molar-refractivity contribution in [3.63, 3.8) is 0 Å². The normalized spacial score (nSPS) is 9.16. The molecule has 20 N–H and O–H groups in total. The molecule has 13 nitrogen and oxygen atoms in total. The van der Waals surface area contributed by atoms with Crippen molar-refractivity contribution < 1.29 is 19.8 Å². The summed E-state index contributed by atoms with van der Waals surface area (Å²) in [4.78, 5) is 20.6. The summed E-state index contributed by atoms with van der Waals surface area (Å²) < 4.78 is 0. The fourth-order valence-electron chi connectivity index (χ4n) is 2.90. The van der Waals surface area contributed by atoms with Gasteiger partial charge in [-0.05, 0) is 97.1 Å². The van der Waals surface area contributed by atoms with Crippen molar-refractivity contribution in [3.8, 4) is 0 Å². The number of nitrogens with two attached hydrogens (primary N) is 9. The van der Waals surface area contributed by atoms with E-state index in [-0.39, 0.29) is 11.1 Å². The average Bonchev–Trinajstić information content (AvgIpc) is 2.99. The van der Waals surface area contributed by atoms with Crippen LogP contribution in [-0.2, 0) is 0 Å². The highest BCUT2D eigenvalue weighted by Gasteiger charge is 2.03. The van der Waals surface area contributed by atoms with Gasteiger partial charge < -0.3 is 61.8 Å². The number of nitrogen functional groups attached to an aromatic ring is 9. The predicted octanol–water partition coefficient (Wildman–Crippen LogP) is 4.07. The van der Waals surface area contributed by atoms with Crippen molar-refractivity contribution in [2.45, 2.75) is 0 Å². The number of carboxylic acids is 2. The van der Waals surface area contributed by atoms with Gasteiger partial charge in [-0.2, -0.15) is 0 Å². The quantitative estimate of drug-likeness (QED) is 0.125. The first kappa shape index (κ1) is 36.3. The smallest absolute Gasteiger partial charge is 0.335 e. The molecule has 0 aliphatic heterocycles. The molecule has 0 unspecified atom stereocenters. The number of rotatable bonds is 2. The zero-order valence-corrected chi connectivity index (χ0v) is 24.4. The topological polar surface area (TPSA) is 309 Å². The Labute approximate surface area is 260 Å². The van der Waals surface area contributed by atoms with E-state index in [1.54, 1.807) is 66.7 Å². The molecule has 0 bridgehead atoms. The van der Waals surface area contributed by atoms with E-state index in [1.807, 2.05) is 18.2 Å². The van der Waals surface area contributed by atoms with Crippen LogP contribution >= 0.6 is 0 Å². The minimum Gasteiger partial charge on any atom is -0.478 e. The van der Waals surface area contributed by atoms with Crippen molar-refractivity contribution in [3.05, 3.63) is 126 Å². The molecule has 0 spiro atoms. The van der Waals surface area contributed by atoms with Gasteiger partial charge in [0.2, 0.25) is 0 Å². The van der Waals surface area contributed by atoms with Gasteiger partial charge in [0, 0.05) is 28.4 Å². The fraction of sp³-hybridized carbons (Fsp3) is 0. The van der Waals surface area contributed by atoms with E-state index < -0.39 is 11.9 Å². The van der Waals surface area contributed by atoms with E-state index in [2.05, 4.69) is 0 Å². The Balaban J connectivity index is 0.000000283. The standard InChI is InChI=1S/C7H8N2O2.C7H7NO2.3C6H8N2/c8-5-2-1-4(7(10)11)3-6(5)9;8-6-3-1-5(2-4-6)7(9)10;7-5-1-2-6(8)4-3-5;7-5-2-1-3-6(8)4-5;7-5-3-1-2-4-6(5)8/h1-3H,8-9H2,(H,10,11);1-4H,8H2,(H,9,10);3*1-4H,7-8H2.